The Morgan fingerprint density at radius 1 is 1.12 bits per heavy atom. The second-order valence-corrected chi connectivity index (χ2v) is 9.19. The Morgan fingerprint density at radius 2 is 1.92 bits per heavy atom. The zero-order chi connectivity index (χ0) is 16.9. The molecule has 0 aromatic rings. The van der Waals surface area contributed by atoms with Gasteiger partial charge in [0.05, 0.1) is 6.10 Å². The lowest BCUT2D eigenvalue weighted by Crippen LogP contribution is -2.72. The van der Waals surface area contributed by atoms with Gasteiger partial charge in [0.25, 0.3) is 0 Å². The number of nitrogens with one attached hydrogen (secondary N) is 2. The Morgan fingerprint density at radius 3 is 2.56 bits per heavy atom. The number of rotatable bonds is 4. The zero-order valence-electron chi connectivity index (χ0n) is 15.7. The maximum absolute atomic E-state index is 6.05. The lowest BCUT2D eigenvalue weighted by molar-refractivity contribution is -0.171. The third-order valence-electron chi connectivity index (χ3n) is 7.69. The van der Waals surface area contributed by atoms with Crippen LogP contribution < -0.4 is 10.6 Å². The SMILES string of the molecule is CN=C(NC1CCN(CC2CC2)CC1)NC1C2CCOC2C12CCC2. The molecule has 5 rings (SSSR count). The van der Waals surface area contributed by atoms with Crippen molar-refractivity contribution in [2.24, 2.45) is 22.2 Å². The van der Waals surface area contributed by atoms with Gasteiger partial charge >= 0.3 is 0 Å². The van der Waals surface area contributed by atoms with Crippen LogP contribution in [0.2, 0.25) is 0 Å². The minimum absolute atomic E-state index is 0.423. The number of piperidine rings is 1. The van der Waals surface area contributed by atoms with E-state index in [1.165, 1.54) is 71.0 Å². The molecule has 0 aromatic heterocycles. The summed E-state index contributed by atoms with van der Waals surface area (Å²) in [6.07, 6.45) is 11.2. The van der Waals surface area contributed by atoms with Crippen LogP contribution in [0.4, 0.5) is 0 Å². The van der Waals surface area contributed by atoms with Gasteiger partial charge in [-0.3, -0.25) is 4.99 Å². The van der Waals surface area contributed by atoms with Gasteiger partial charge in [-0.25, -0.2) is 0 Å². The molecule has 2 N–H and O–H groups in total. The van der Waals surface area contributed by atoms with Crippen LogP contribution in [-0.4, -0.2) is 62.3 Å². The smallest absolute Gasteiger partial charge is 0.191 e. The minimum Gasteiger partial charge on any atom is -0.377 e. The summed E-state index contributed by atoms with van der Waals surface area (Å²) >= 11 is 0. The van der Waals surface area contributed by atoms with Gasteiger partial charge < -0.3 is 20.3 Å². The van der Waals surface area contributed by atoms with Crippen molar-refractivity contribution < 1.29 is 4.74 Å². The summed E-state index contributed by atoms with van der Waals surface area (Å²) < 4.78 is 6.05. The first-order valence-corrected chi connectivity index (χ1v) is 10.6. The summed E-state index contributed by atoms with van der Waals surface area (Å²) in [6, 6.07) is 1.16. The fourth-order valence-corrected chi connectivity index (χ4v) is 5.89. The molecule has 3 saturated carbocycles. The van der Waals surface area contributed by atoms with Crippen LogP contribution in [0.15, 0.2) is 4.99 Å². The summed E-state index contributed by atoms with van der Waals surface area (Å²) in [7, 11) is 1.92. The van der Waals surface area contributed by atoms with E-state index in [2.05, 4.69) is 20.5 Å². The highest BCUT2D eigenvalue weighted by Crippen LogP contribution is 2.62. The molecular formula is C20H34N4O. The van der Waals surface area contributed by atoms with E-state index in [1.54, 1.807) is 0 Å². The quantitative estimate of drug-likeness (QED) is 0.604. The van der Waals surface area contributed by atoms with Gasteiger partial charge in [-0.2, -0.15) is 0 Å². The molecule has 3 unspecified atom stereocenters. The second-order valence-electron chi connectivity index (χ2n) is 9.19. The molecule has 1 spiro atoms. The van der Waals surface area contributed by atoms with E-state index in [4.69, 9.17) is 4.74 Å². The van der Waals surface area contributed by atoms with Crippen molar-refractivity contribution >= 4 is 5.96 Å². The van der Waals surface area contributed by atoms with E-state index in [0.717, 1.165) is 18.5 Å². The molecule has 0 bridgehead atoms. The van der Waals surface area contributed by atoms with Crippen molar-refractivity contribution in [2.75, 3.05) is 33.3 Å². The van der Waals surface area contributed by atoms with Crippen LogP contribution in [0.1, 0.15) is 51.4 Å². The molecule has 3 aliphatic carbocycles. The maximum atomic E-state index is 6.05. The highest BCUT2D eigenvalue weighted by molar-refractivity contribution is 5.80. The minimum atomic E-state index is 0.423. The summed E-state index contributed by atoms with van der Waals surface area (Å²) in [6.45, 7) is 4.79. The van der Waals surface area contributed by atoms with Crippen LogP contribution in [0.3, 0.4) is 0 Å². The van der Waals surface area contributed by atoms with Crippen LogP contribution in [0, 0.1) is 17.3 Å². The molecule has 0 radical (unpaired) electrons. The Labute approximate surface area is 152 Å². The van der Waals surface area contributed by atoms with Gasteiger partial charge in [0.2, 0.25) is 0 Å². The lowest BCUT2D eigenvalue weighted by Gasteiger charge is -2.63. The van der Waals surface area contributed by atoms with Crippen molar-refractivity contribution in [1.82, 2.24) is 15.5 Å². The van der Waals surface area contributed by atoms with Gasteiger partial charge in [-0.05, 0) is 50.9 Å². The third kappa shape index (κ3) is 2.87. The molecule has 5 heteroatoms. The zero-order valence-corrected chi connectivity index (χ0v) is 15.7. The Balaban J connectivity index is 1.14. The largest absolute Gasteiger partial charge is 0.377 e. The van der Waals surface area contributed by atoms with Crippen molar-refractivity contribution in [3.63, 3.8) is 0 Å². The van der Waals surface area contributed by atoms with Gasteiger partial charge in [-0.1, -0.05) is 6.42 Å². The highest BCUT2D eigenvalue weighted by Gasteiger charge is 2.66. The molecule has 2 heterocycles. The first-order chi connectivity index (χ1) is 12.3. The Bertz CT molecular complexity index is 520. The fourth-order valence-electron chi connectivity index (χ4n) is 5.89. The van der Waals surface area contributed by atoms with Crippen molar-refractivity contribution in [3.8, 4) is 0 Å². The lowest BCUT2D eigenvalue weighted by atomic mass is 9.46. The molecule has 0 amide bonds. The van der Waals surface area contributed by atoms with Gasteiger partial charge in [-0.15, -0.1) is 0 Å². The normalized spacial score (nSPS) is 38.1. The molecular weight excluding hydrogens is 312 g/mol. The summed E-state index contributed by atoms with van der Waals surface area (Å²) in [5.41, 5.74) is 0.423. The number of ether oxygens (including phenoxy) is 1. The van der Waals surface area contributed by atoms with Crippen LogP contribution in [0.5, 0.6) is 0 Å². The molecule has 3 atom stereocenters. The number of likely N-dealkylation sites (tertiary alicyclic amines) is 1. The van der Waals surface area contributed by atoms with E-state index in [0.29, 0.717) is 29.5 Å². The van der Waals surface area contributed by atoms with E-state index in [9.17, 15) is 0 Å². The molecule has 2 aliphatic heterocycles. The summed E-state index contributed by atoms with van der Waals surface area (Å²) in [5, 5.41) is 7.54. The first kappa shape index (κ1) is 16.4. The van der Waals surface area contributed by atoms with Crippen LogP contribution in [-0.2, 0) is 4.74 Å². The molecule has 2 saturated heterocycles. The van der Waals surface area contributed by atoms with Gasteiger partial charge in [0.15, 0.2) is 5.96 Å². The van der Waals surface area contributed by atoms with Crippen molar-refractivity contribution in [2.45, 2.75) is 69.6 Å². The van der Waals surface area contributed by atoms with Gasteiger partial charge in [0, 0.05) is 56.7 Å². The molecule has 5 nitrogen and oxygen atoms in total. The molecule has 25 heavy (non-hydrogen) atoms. The number of aliphatic imine (C=N–C) groups is 1. The van der Waals surface area contributed by atoms with Gasteiger partial charge in [0.1, 0.15) is 0 Å². The maximum Gasteiger partial charge on any atom is 0.191 e. The second kappa shape index (κ2) is 6.41. The first-order valence-electron chi connectivity index (χ1n) is 10.6. The number of hydrogen-bond donors (Lipinski definition) is 2. The molecule has 5 fully saturated rings. The predicted octanol–water partition coefficient (Wildman–Crippen LogP) is 1.98. The van der Waals surface area contributed by atoms with E-state index in [-0.39, 0.29) is 0 Å². The number of hydrogen-bond acceptors (Lipinski definition) is 3. The van der Waals surface area contributed by atoms with Crippen molar-refractivity contribution in [3.05, 3.63) is 0 Å². The number of guanidine groups is 1. The molecule has 5 aliphatic rings. The summed E-state index contributed by atoms with van der Waals surface area (Å²) in [5.74, 6) is 2.75. The topological polar surface area (TPSA) is 48.9 Å². The van der Waals surface area contributed by atoms with E-state index >= 15 is 0 Å². The van der Waals surface area contributed by atoms with E-state index in [1.807, 2.05) is 7.05 Å². The van der Waals surface area contributed by atoms with Crippen LogP contribution in [0.25, 0.3) is 0 Å². The predicted molar refractivity (Wildman–Crippen MR) is 99.7 cm³/mol. The Hall–Kier alpha value is -0.810. The number of nitrogens with zero attached hydrogens (tertiary/aromatic N) is 2. The van der Waals surface area contributed by atoms with Crippen molar-refractivity contribution in [1.29, 1.82) is 0 Å². The van der Waals surface area contributed by atoms with E-state index < -0.39 is 0 Å². The number of fused-ring (bicyclic) bond motifs is 2. The monoisotopic (exact) mass is 346 g/mol. The average Bonchev–Trinajstić information content (AvgIpc) is 3.29. The highest BCUT2D eigenvalue weighted by atomic mass is 16.5. The Kier molecular flexibility index (Phi) is 4.20. The molecule has 0 aromatic carbocycles. The average molecular weight is 347 g/mol. The standard InChI is InChI=1S/C20H34N4O/c1-21-19(22-15-5-10-24(11-6-15)13-14-3-4-14)23-17-16-7-12-25-18(16)20(17)8-2-9-20/h14-18H,2-13H2,1H3,(H2,21,22,23). The molecule has 140 valence electrons. The summed E-state index contributed by atoms with van der Waals surface area (Å²) in [4.78, 5) is 7.23. The third-order valence-corrected chi connectivity index (χ3v) is 7.69. The van der Waals surface area contributed by atoms with Crippen LogP contribution >= 0.6 is 0 Å². The fraction of sp³-hybridized carbons (Fsp3) is 0.950.